The highest BCUT2D eigenvalue weighted by atomic mass is 16.5. The third kappa shape index (κ3) is 2.70. The van der Waals surface area contributed by atoms with Gasteiger partial charge in [0.15, 0.2) is 0 Å². The second kappa shape index (κ2) is 5.19. The van der Waals surface area contributed by atoms with E-state index in [1.54, 1.807) is 0 Å². The summed E-state index contributed by atoms with van der Waals surface area (Å²) in [7, 11) is 0. The van der Waals surface area contributed by atoms with Gasteiger partial charge in [-0.25, -0.2) is 0 Å². The molecule has 2 heteroatoms. The van der Waals surface area contributed by atoms with Crippen molar-refractivity contribution in [1.82, 2.24) is 0 Å². The van der Waals surface area contributed by atoms with Gasteiger partial charge < -0.3 is 9.84 Å². The summed E-state index contributed by atoms with van der Waals surface area (Å²) in [6.45, 7) is 7.02. The van der Waals surface area contributed by atoms with Crippen LogP contribution in [-0.4, -0.2) is 17.8 Å². The second-order valence-electron chi connectivity index (χ2n) is 5.16. The van der Waals surface area contributed by atoms with Crippen LogP contribution in [0, 0.1) is 20.8 Å². The summed E-state index contributed by atoms with van der Waals surface area (Å²) in [6.07, 6.45) is 2.74. The summed E-state index contributed by atoms with van der Waals surface area (Å²) in [5.41, 5.74) is 4.65. The first-order valence-corrected chi connectivity index (χ1v) is 6.47. The fourth-order valence-corrected chi connectivity index (χ4v) is 2.86. The van der Waals surface area contributed by atoms with E-state index in [1.807, 2.05) is 0 Å². The largest absolute Gasteiger partial charge is 0.386 e. The number of hydrogen-bond donors (Lipinski definition) is 1. The number of benzene rings is 1. The van der Waals surface area contributed by atoms with E-state index in [0.29, 0.717) is 0 Å². The molecule has 94 valence electrons. The molecule has 0 aliphatic carbocycles. The third-order valence-corrected chi connectivity index (χ3v) is 3.60. The highest BCUT2D eigenvalue weighted by Gasteiger charge is 2.26. The molecule has 2 atom stereocenters. The Morgan fingerprint density at radius 1 is 1.18 bits per heavy atom. The number of aliphatic hydroxyl groups excluding tert-OH is 1. The molecule has 1 saturated heterocycles. The first kappa shape index (κ1) is 12.6. The van der Waals surface area contributed by atoms with Crippen LogP contribution in [0.1, 0.15) is 47.6 Å². The summed E-state index contributed by atoms with van der Waals surface area (Å²) in [6, 6.07) is 4.27. The average molecular weight is 234 g/mol. The van der Waals surface area contributed by atoms with E-state index >= 15 is 0 Å². The molecule has 0 saturated carbocycles. The Morgan fingerprint density at radius 3 is 2.35 bits per heavy atom. The van der Waals surface area contributed by atoms with Crippen LogP contribution in [0.25, 0.3) is 0 Å². The van der Waals surface area contributed by atoms with Gasteiger partial charge in [0.05, 0.1) is 6.10 Å². The minimum atomic E-state index is -0.476. The van der Waals surface area contributed by atoms with Gasteiger partial charge in [0.25, 0.3) is 0 Å². The molecule has 1 aliphatic rings. The standard InChI is InChI=1S/C15H22O2/c1-10-8-11(2)14(12(3)9-10)15(16)13-6-4-5-7-17-13/h8-9,13,15-16H,4-7H2,1-3H3. The molecule has 1 heterocycles. The van der Waals surface area contributed by atoms with Gasteiger partial charge in [-0.2, -0.15) is 0 Å². The van der Waals surface area contributed by atoms with Gasteiger partial charge in [0.1, 0.15) is 6.10 Å². The lowest BCUT2D eigenvalue weighted by molar-refractivity contribution is -0.0637. The van der Waals surface area contributed by atoms with Gasteiger partial charge in [-0.3, -0.25) is 0 Å². The number of aliphatic hydroxyl groups is 1. The molecule has 17 heavy (non-hydrogen) atoms. The predicted molar refractivity (Wildman–Crippen MR) is 69.2 cm³/mol. The van der Waals surface area contributed by atoms with Crippen LogP contribution in [0.3, 0.4) is 0 Å². The Balaban J connectivity index is 2.26. The molecule has 0 aromatic heterocycles. The molecule has 2 nitrogen and oxygen atoms in total. The molecule has 1 fully saturated rings. The van der Waals surface area contributed by atoms with E-state index in [2.05, 4.69) is 32.9 Å². The Morgan fingerprint density at radius 2 is 1.82 bits per heavy atom. The molecule has 1 aromatic rings. The Hall–Kier alpha value is -0.860. The second-order valence-corrected chi connectivity index (χ2v) is 5.16. The maximum Gasteiger partial charge on any atom is 0.106 e. The maximum absolute atomic E-state index is 10.5. The van der Waals surface area contributed by atoms with Crippen LogP contribution < -0.4 is 0 Å². The van der Waals surface area contributed by atoms with E-state index in [1.165, 1.54) is 16.7 Å². The van der Waals surface area contributed by atoms with Crippen molar-refractivity contribution >= 4 is 0 Å². The first-order chi connectivity index (χ1) is 8.09. The lowest BCUT2D eigenvalue weighted by atomic mass is 9.90. The van der Waals surface area contributed by atoms with Gasteiger partial charge in [-0.1, -0.05) is 17.7 Å². The van der Waals surface area contributed by atoms with Crippen molar-refractivity contribution in [1.29, 1.82) is 0 Å². The minimum Gasteiger partial charge on any atom is -0.386 e. The zero-order chi connectivity index (χ0) is 12.4. The van der Waals surface area contributed by atoms with Crippen molar-refractivity contribution in [2.45, 2.75) is 52.2 Å². The molecule has 0 bridgehead atoms. The zero-order valence-corrected chi connectivity index (χ0v) is 11.0. The van der Waals surface area contributed by atoms with Crippen molar-refractivity contribution in [2.24, 2.45) is 0 Å². The lowest BCUT2D eigenvalue weighted by Crippen LogP contribution is -2.27. The predicted octanol–water partition coefficient (Wildman–Crippen LogP) is 3.21. The van der Waals surface area contributed by atoms with E-state index in [-0.39, 0.29) is 6.10 Å². The Bertz CT molecular complexity index is 369. The minimum absolute atomic E-state index is 0.0242. The normalized spacial score (nSPS) is 22.5. The van der Waals surface area contributed by atoms with Gasteiger partial charge in [-0.15, -0.1) is 0 Å². The van der Waals surface area contributed by atoms with Crippen molar-refractivity contribution in [3.8, 4) is 0 Å². The summed E-state index contributed by atoms with van der Waals surface area (Å²) in [5, 5.41) is 10.5. The molecule has 2 unspecified atom stereocenters. The van der Waals surface area contributed by atoms with Crippen LogP contribution in [0.4, 0.5) is 0 Å². The summed E-state index contributed by atoms with van der Waals surface area (Å²) < 4.78 is 5.68. The van der Waals surface area contributed by atoms with Crippen LogP contribution in [0.2, 0.25) is 0 Å². The summed E-state index contributed by atoms with van der Waals surface area (Å²) in [4.78, 5) is 0. The van der Waals surface area contributed by atoms with E-state index in [4.69, 9.17) is 4.74 Å². The van der Waals surface area contributed by atoms with Crippen LogP contribution in [-0.2, 0) is 4.74 Å². The molecule has 1 aliphatic heterocycles. The lowest BCUT2D eigenvalue weighted by Gasteiger charge is -2.29. The smallest absolute Gasteiger partial charge is 0.106 e. The van der Waals surface area contributed by atoms with E-state index < -0.39 is 6.10 Å². The third-order valence-electron chi connectivity index (χ3n) is 3.60. The Kier molecular flexibility index (Phi) is 3.85. The molecule has 2 rings (SSSR count). The molecule has 0 radical (unpaired) electrons. The van der Waals surface area contributed by atoms with Crippen molar-refractivity contribution < 1.29 is 9.84 Å². The van der Waals surface area contributed by atoms with Gasteiger partial charge >= 0.3 is 0 Å². The van der Waals surface area contributed by atoms with Crippen molar-refractivity contribution in [3.05, 3.63) is 34.4 Å². The number of hydrogen-bond acceptors (Lipinski definition) is 2. The highest BCUT2D eigenvalue weighted by Crippen LogP contribution is 2.31. The van der Waals surface area contributed by atoms with Crippen LogP contribution >= 0.6 is 0 Å². The highest BCUT2D eigenvalue weighted by molar-refractivity contribution is 5.39. The van der Waals surface area contributed by atoms with Crippen molar-refractivity contribution in [3.63, 3.8) is 0 Å². The quantitative estimate of drug-likeness (QED) is 0.851. The molecule has 1 N–H and O–H groups in total. The average Bonchev–Trinajstić information content (AvgIpc) is 2.28. The SMILES string of the molecule is Cc1cc(C)c(C(O)C2CCCCO2)c(C)c1. The van der Waals surface area contributed by atoms with Gasteiger partial charge in [0.2, 0.25) is 0 Å². The summed E-state index contributed by atoms with van der Waals surface area (Å²) in [5.74, 6) is 0. The van der Waals surface area contributed by atoms with E-state index in [0.717, 1.165) is 31.4 Å². The van der Waals surface area contributed by atoms with Crippen LogP contribution in [0.5, 0.6) is 0 Å². The molecular formula is C15H22O2. The van der Waals surface area contributed by atoms with Crippen LogP contribution in [0.15, 0.2) is 12.1 Å². The fraction of sp³-hybridized carbons (Fsp3) is 0.600. The molecule has 0 spiro atoms. The number of rotatable bonds is 2. The molecular weight excluding hydrogens is 212 g/mol. The first-order valence-electron chi connectivity index (χ1n) is 6.47. The Labute approximate surface area is 104 Å². The topological polar surface area (TPSA) is 29.5 Å². The molecule has 1 aromatic carbocycles. The van der Waals surface area contributed by atoms with Gasteiger partial charge in [-0.05, 0) is 56.7 Å². The zero-order valence-electron chi connectivity index (χ0n) is 11.0. The maximum atomic E-state index is 10.5. The van der Waals surface area contributed by atoms with Gasteiger partial charge in [0, 0.05) is 6.61 Å². The monoisotopic (exact) mass is 234 g/mol. The summed E-state index contributed by atoms with van der Waals surface area (Å²) >= 11 is 0. The fourth-order valence-electron chi connectivity index (χ4n) is 2.86. The molecule has 0 amide bonds. The number of ether oxygens (including phenoxy) is 1. The van der Waals surface area contributed by atoms with E-state index in [9.17, 15) is 5.11 Å². The number of aryl methyl sites for hydroxylation is 3. The van der Waals surface area contributed by atoms with Crippen molar-refractivity contribution in [2.75, 3.05) is 6.61 Å².